The van der Waals surface area contributed by atoms with E-state index in [9.17, 15) is 9.59 Å². The number of carboxylic acids is 1. The Labute approximate surface area is 190 Å². The van der Waals surface area contributed by atoms with Gasteiger partial charge in [0.15, 0.2) is 0 Å². The first-order chi connectivity index (χ1) is 16.0. The predicted molar refractivity (Wildman–Crippen MR) is 120 cm³/mol. The molecule has 3 aromatic rings. The summed E-state index contributed by atoms with van der Waals surface area (Å²) in [5, 5.41) is 31.1. The van der Waals surface area contributed by atoms with Crippen LogP contribution in [0.4, 0.5) is 17.4 Å². The van der Waals surface area contributed by atoms with E-state index in [1.807, 2.05) is 30.3 Å². The Morgan fingerprint density at radius 3 is 2.52 bits per heavy atom. The molecule has 0 spiro atoms. The van der Waals surface area contributed by atoms with Crippen molar-refractivity contribution in [3.8, 4) is 6.07 Å². The van der Waals surface area contributed by atoms with Crippen molar-refractivity contribution in [2.75, 3.05) is 10.6 Å². The number of nitrogens with one attached hydrogen (secondary N) is 2. The van der Waals surface area contributed by atoms with Crippen LogP contribution < -0.4 is 10.6 Å². The van der Waals surface area contributed by atoms with E-state index in [1.165, 1.54) is 5.56 Å². The largest absolute Gasteiger partial charge is 0.481 e. The lowest BCUT2D eigenvalue weighted by atomic mass is 9.77. The number of amides is 1. The third-order valence-electron chi connectivity index (χ3n) is 5.81. The predicted octanol–water partition coefficient (Wildman–Crippen LogP) is 4.69. The maximum Gasteiger partial charge on any atom is 0.320 e. The molecule has 1 fully saturated rings. The van der Waals surface area contributed by atoms with E-state index in [-0.39, 0.29) is 24.2 Å². The van der Waals surface area contributed by atoms with Gasteiger partial charge in [0.25, 0.3) is 0 Å². The summed E-state index contributed by atoms with van der Waals surface area (Å²) in [5.74, 6) is -0.765. The molecular weight excluding hydrogens is 422 g/mol. The number of aromatic nitrogens is 2. The molecule has 1 aromatic heterocycles. The first-order valence-electron chi connectivity index (χ1n) is 10.7. The number of carboxylic acid groups (broad SMARTS) is 1. The van der Waals surface area contributed by atoms with E-state index in [0.29, 0.717) is 22.9 Å². The second-order valence-corrected chi connectivity index (χ2v) is 8.12. The van der Waals surface area contributed by atoms with Crippen molar-refractivity contribution in [3.63, 3.8) is 0 Å². The summed E-state index contributed by atoms with van der Waals surface area (Å²) in [6.45, 7) is 0. The molecule has 33 heavy (non-hydrogen) atoms. The number of hydrogen-bond acceptors (Lipinski definition) is 7. The van der Waals surface area contributed by atoms with E-state index in [4.69, 9.17) is 14.8 Å². The quantitative estimate of drug-likeness (QED) is 0.476. The molecule has 1 saturated carbocycles. The van der Waals surface area contributed by atoms with Crippen LogP contribution in [-0.2, 0) is 4.79 Å². The van der Waals surface area contributed by atoms with Gasteiger partial charge in [-0.05, 0) is 73.4 Å². The Kier molecular flexibility index (Phi) is 6.64. The monoisotopic (exact) mass is 445 g/mol. The highest BCUT2D eigenvalue weighted by Crippen LogP contribution is 2.37. The summed E-state index contributed by atoms with van der Waals surface area (Å²) in [7, 11) is 0. The minimum atomic E-state index is -0.726. The van der Waals surface area contributed by atoms with Crippen molar-refractivity contribution in [2.45, 2.75) is 38.0 Å². The highest BCUT2D eigenvalue weighted by Gasteiger charge is 2.24. The Balaban J connectivity index is 1.32. The normalized spacial score (nSPS) is 17.7. The summed E-state index contributed by atoms with van der Waals surface area (Å²) < 4.78 is 5.38. The van der Waals surface area contributed by atoms with Crippen LogP contribution in [0.25, 0.3) is 0 Å². The van der Waals surface area contributed by atoms with E-state index in [1.54, 1.807) is 24.3 Å². The van der Waals surface area contributed by atoms with Crippen molar-refractivity contribution < 1.29 is 19.1 Å². The average Bonchev–Trinajstić information content (AvgIpc) is 3.28. The van der Waals surface area contributed by atoms with E-state index >= 15 is 0 Å². The number of anilines is 3. The summed E-state index contributed by atoms with van der Waals surface area (Å²) in [4.78, 5) is 23.4. The zero-order chi connectivity index (χ0) is 23.2. The van der Waals surface area contributed by atoms with Crippen molar-refractivity contribution in [2.24, 2.45) is 5.92 Å². The molecule has 0 atom stereocenters. The zero-order valence-corrected chi connectivity index (χ0v) is 17.8. The van der Waals surface area contributed by atoms with Crippen LogP contribution in [0, 0.1) is 17.2 Å². The van der Waals surface area contributed by atoms with Gasteiger partial charge >= 0.3 is 23.8 Å². The molecule has 0 aliphatic heterocycles. The molecule has 1 amide bonds. The molecular formula is C24H23N5O4. The van der Waals surface area contributed by atoms with Gasteiger partial charge in [0.1, 0.15) is 0 Å². The average molecular weight is 445 g/mol. The number of carbonyl (C=O) groups excluding carboxylic acids is 1. The molecule has 9 nitrogen and oxygen atoms in total. The first kappa shape index (κ1) is 22.0. The van der Waals surface area contributed by atoms with Gasteiger partial charge in [-0.2, -0.15) is 5.26 Å². The number of nitrogens with zero attached hydrogens (tertiary/aromatic N) is 3. The van der Waals surface area contributed by atoms with Gasteiger partial charge in [0.05, 0.1) is 11.6 Å². The van der Waals surface area contributed by atoms with Crippen molar-refractivity contribution in [1.29, 1.82) is 5.26 Å². The van der Waals surface area contributed by atoms with Gasteiger partial charge < -0.3 is 20.2 Å². The molecule has 1 heterocycles. The number of aliphatic carboxylic acids is 1. The van der Waals surface area contributed by atoms with Crippen molar-refractivity contribution in [3.05, 3.63) is 65.5 Å². The lowest BCUT2D eigenvalue weighted by Gasteiger charge is -2.28. The van der Waals surface area contributed by atoms with Crippen LogP contribution in [0.3, 0.4) is 0 Å². The molecule has 4 rings (SSSR count). The van der Waals surface area contributed by atoms with Crippen LogP contribution in [0.2, 0.25) is 0 Å². The third-order valence-corrected chi connectivity index (χ3v) is 5.81. The van der Waals surface area contributed by atoms with E-state index in [0.717, 1.165) is 25.7 Å². The number of rotatable bonds is 7. The highest BCUT2D eigenvalue weighted by atomic mass is 16.4. The molecule has 0 unspecified atom stereocenters. The van der Waals surface area contributed by atoms with Crippen LogP contribution >= 0.6 is 0 Å². The number of carbonyl (C=O) groups is 2. The zero-order valence-electron chi connectivity index (χ0n) is 17.8. The smallest absolute Gasteiger partial charge is 0.320 e. The van der Waals surface area contributed by atoms with Crippen LogP contribution in [0.1, 0.15) is 59.8 Å². The molecule has 9 heteroatoms. The molecule has 2 aromatic carbocycles. The highest BCUT2D eigenvalue weighted by molar-refractivity contribution is 6.00. The number of nitriles is 1. The molecule has 1 aliphatic rings. The van der Waals surface area contributed by atoms with E-state index in [2.05, 4.69) is 20.8 Å². The standard InChI is InChI=1S/C24H23N5O4/c25-14-16-2-1-3-20(12-16)27-24-29-28-23(33-24)22(32)26-19-10-8-18(9-11-19)17-6-4-15(5-7-17)13-21(30)31/h1-3,8-12,15,17H,4-7,13H2,(H,26,32)(H,27,29)(H,30,31)/t15-,17-. The maximum atomic E-state index is 12.5. The lowest BCUT2D eigenvalue weighted by molar-refractivity contribution is -0.138. The van der Waals surface area contributed by atoms with Crippen molar-refractivity contribution >= 4 is 29.3 Å². The topological polar surface area (TPSA) is 141 Å². The number of hydrogen-bond donors (Lipinski definition) is 3. The second kappa shape index (κ2) is 9.96. The molecule has 0 bridgehead atoms. The minimum Gasteiger partial charge on any atom is -0.481 e. The van der Waals surface area contributed by atoms with Gasteiger partial charge in [0.2, 0.25) is 0 Å². The van der Waals surface area contributed by atoms with Gasteiger partial charge in [-0.1, -0.05) is 23.3 Å². The van der Waals surface area contributed by atoms with Crippen LogP contribution in [-0.4, -0.2) is 27.2 Å². The van der Waals surface area contributed by atoms with Gasteiger partial charge in [-0.3, -0.25) is 9.59 Å². The molecule has 168 valence electrons. The van der Waals surface area contributed by atoms with Crippen molar-refractivity contribution in [1.82, 2.24) is 10.2 Å². The molecule has 0 radical (unpaired) electrons. The van der Waals surface area contributed by atoms with Gasteiger partial charge in [-0.25, -0.2) is 0 Å². The lowest BCUT2D eigenvalue weighted by Crippen LogP contribution is -2.16. The molecule has 1 aliphatic carbocycles. The maximum absolute atomic E-state index is 12.5. The van der Waals surface area contributed by atoms with Gasteiger partial charge in [0, 0.05) is 17.8 Å². The summed E-state index contributed by atoms with van der Waals surface area (Å²) >= 11 is 0. The Hall–Kier alpha value is -4.19. The van der Waals surface area contributed by atoms with Gasteiger partial charge in [-0.15, -0.1) is 5.10 Å². The first-order valence-corrected chi connectivity index (χ1v) is 10.7. The van der Waals surface area contributed by atoms with Crippen LogP contribution in [0.5, 0.6) is 0 Å². The second-order valence-electron chi connectivity index (χ2n) is 8.12. The number of benzene rings is 2. The van der Waals surface area contributed by atoms with Crippen LogP contribution in [0.15, 0.2) is 52.9 Å². The fourth-order valence-electron chi connectivity index (χ4n) is 4.13. The Morgan fingerprint density at radius 1 is 1.06 bits per heavy atom. The Morgan fingerprint density at radius 2 is 1.82 bits per heavy atom. The van der Waals surface area contributed by atoms with E-state index < -0.39 is 11.9 Å². The molecule has 3 N–H and O–H groups in total. The SMILES string of the molecule is N#Cc1cccc(Nc2nnc(C(=O)Nc3ccc([C@H]4CC[C@H](CC(=O)O)CC4)cc3)o2)c1. The summed E-state index contributed by atoms with van der Waals surface area (Å²) in [5.41, 5.74) is 2.87. The molecule has 0 saturated heterocycles. The fourth-order valence-corrected chi connectivity index (χ4v) is 4.13. The fraction of sp³-hybridized carbons (Fsp3) is 0.292. The summed E-state index contributed by atoms with van der Waals surface area (Å²) in [6.07, 6.45) is 4.03. The third kappa shape index (κ3) is 5.74. The summed E-state index contributed by atoms with van der Waals surface area (Å²) in [6, 6.07) is 16.5. The Bertz CT molecular complexity index is 1170. The minimum absolute atomic E-state index is 0.0455.